The number of carboxylic acid groups (broad SMARTS) is 1. The molecular weight excluding hydrogens is 248 g/mol. The van der Waals surface area contributed by atoms with Gasteiger partial charge in [0.05, 0.1) is 11.1 Å². The predicted octanol–water partition coefficient (Wildman–Crippen LogP) is 1.67. The zero-order valence-electron chi connectivity index (χ0n) is 9.74. The van der Waals surface area contributed by atoms with Crippen molar-refractivity contribution in [3.63, 3.8) is 0 Å². The molecule has 6 nitrogen and oxygen atoms in total. The second-order valence-electron chi connectivity index (χ2n) is 3.68. The second kappa shape index (κ2) is 5.18. The van der Waals surface area contributed by atoms with Crippen LogP contribution in [-0.2, 0) is 0 Å². The van der Waals surface area contributed by atoms with Crippen LogP contribution in [0.3, 0.4) is 0 Å². The lowest BCUT2D eigenvalue weighted by molar-refractivity contribution is 0.0696. The van der Waals surface area contributed by atoms with Gasteiger partial charge in [-0.1, -0.05) is 6.07 Å². The first kappa shape index (κ1) is 12.6. The number of carboxylic acids is 1. The second-order valence-corrected chi connectivity index (χ2v) is 3.68. The molecule has 6 heteroatoms. The Balaban J connectivity index is 2.19. The quantitative estimate of drug-likeness (QED) is 0.868. The largest absolute Gasteiger partial charge is 0.478 e. The summed E-state index contributed by atoms with van der Waals surface area (Å²) < 4.78 is 5.38. The van der Waals surface area contributed by atoms with E-state index < -0.39 is 11.9 Å². The molecule has 0 aliphatic heterocycles. The topological polar surface area (TPSA) is 103 Å². The first-order valence-electron chi connectivity index (χ1n) is 5.33. The molecule has 1 aromatic heterocycles. The van der Waals surface area contributed by atoms with Crippen LogP contribution in [-0.4, -0.2) is 22.0 Å². The van der Waals surface area contributed by atoms with Gasteiger partial charge in [-0.05, 0) is 24.3 Å². The number of pyridine rings is 1. The van der Waals surface area contributed by atoms with E-state index in [9.17, 15) is 9.59 Å². The van der Waals surface area contributed by atoms with Gasteiger partial charge >= 0.3 is 5.97 Å². The molecule has 0 radical (unpaired) electrons. The number of ether oxygens (including phenoxy) is 1. The average Bonchev–Trinajstić information content (AvgIpc) is 2.39. The van der Waals surface area contributed by atoms with Crippen molar-refractivity contribution in [2.45, 2.75) is 0 Å². The Morgan fingerprint density at radius 2 is 1.95 bits per heavy atom. The Bertz CT molecular complexity index is 623. The number of carbonyl (C=O) groups is 2. The Morgan fingerprint density at radius 3 is 2.53 bits per heavy atom. The number of benzene rings is 1. The molecule has 0 aliphatic rings. The molecule has 0 spiro atoms. The molecule has 0 fully saturated rings. The lowest BCUT2D eigenvalue weighted by atomic mass is 10.2. The molecule has 1 aromatic carbocycles. The highest BCUT2D eigenvalue weighted by molar-refractivity contribution is 5.92. The van der Waals surface area contributed by atoms with E-state index in [-0.39, 0.29) is 17.0 Å². The minimum atomic E-state index is -1.04. The maximum absolute atomic E-state index is 10.9. The highest BCUT2D eigenvalue weighted by Gasteiger charge is 2.06. The molecule has 1 heterocycles. The summed E-state index contributed by atoms with van der Waals surface area (Å²) in [5, 5.41) is 8.85. The highest BCUT2D eigenvalue weighted by atomic mass is 16.5. The van der Waals surface area contributed by atoms with Gasteiger partial charge in [0.15, 0.2) is 0 Å². The number of nitrogens with zero attached hydrogens (tertiary/aromatic N) is 1. The maximum Gasteiger partial charge on any atom is 0.335 e. The molecule has 1 amide bonds. The third-order valence-electron chi connectivity index (χ3n) is 2.32. The molecule has 0 saturated heterocycles. The van der Waals surface area contributed by atoms with Crippen molar-refractivity contribution in [3.05, 3.63) is 53.7 Å². The SMILES string of the molecule is NC(=O)c1ccc(Oc2cccc(C(=O)O)c2)nc1. The number of carbonyl (C=O) groups excluding carboxylic acids is 1. The first-order chi connectivity index (χ1) is 9.06. The minimum absolute atomic E-state index is 0.117. The monoisotopic (exact) mass is 258 g/mol. The van der Waals surface area contributed by atoms with Crippen LogP contribution in [0, 0.1) is 0 Å². The maximum atomic E-state index is 10.9. The van der Waals surface area contributed by atoms with Crippen molar-refractivity contribution in [1.82, 2.24) is 4.98 Å². The number of amides is 1. The summed E-state index contributed by atoms with van der Waals surface area (Å²) in [6, 6.07) is 8.97. The van der Waals surface area contributed by atoms with Crippen LogP contribution in [0.25, 0.3) is 0 Å². The molecule has 19 heavy (non-hydrogen) atoms. The van der Waals surface area contributed by atoms with Crippen LogP contribution in [0.15, 0.2) is 42.6 Å². The third kappa shape index (κ3) is 3.06. The van der Waals surface area contributed by atoms with E-state index >= 15 is 0 Å². The normalized spacial score (nSPS) is 9.89. The van der Waals surface area contributed by atoms with Gasteiger partial charge in [-0.3, -0.25) is 4.79 Å². The Kier molecular flexibility index (Phi) is 3.42. The van der Waals surface area contributed by atoms with Crippen LogP contribution >= 0.6 is 0 Å². The van der Waals surface area contributed by atoms with Crippen LogP contribution < -0.4 is 10.5 Å². The lowest BCUT2D eigenvalue weighted by Crippen LogP contribution is -2.10. The van der Waals surface area contributed by atoms with Gasteiger partial charge in [0.2, 0.25) is 11.8 Å². The Hall–Kier alpha value is -2.89. The number of aromatic carboxylic acids is 1. The molecule has 3 N–H and O–H groups in total. The summed E-state index contributed by atoms with van der Waals surface area (Å²) in [5.74, 6) is -1.03. The fourth-order valence-electron chi connectivity index (χ4n) is 1.40. The van der Waals surface area contributed by atoms with E-state index in [1.807, 2.05) is 0 Å². The van der Waals surface area contributed by atoms with Gasteiger partial charge in [0.1, 0.15) is 5.75 Å². The Morgan fingerprint density at radius 1 is 1.16 bits per heavy atom. The van der Waals surface area contributed by atoms with Crippen molar-refractivity contribution < 1.29 is 19.4 Å². The number of nitrogens with two attached hydrogens (primary N) is 1. The Labute approximate surface area is 108 Å². The molecule has 2 aromatic rings. The zero-order valence-corrected chi connectivity index (χ0v) is 9.74. The van der Waals surface area contributed by atoms with Crippen molar-refractivity contribution in [2.75, 3.05) is 0 Å². The van der Waals surface area contributed by atoms with Crippen molar-refractivity contribution in [2.24, 2.45) is 5.73 Å². The van der Waals surface area contributed by atoms with Gasteiger partial charge in [-0.2, -0.15) is 0 Å². The van der Waals surface area contributed by atoms with Crippen molar-refractivity contribution in [3.8, 4) is 11.6 Å². The van der Waals surface area contributed by atoms with E-state index in [1.165, 1.54) is 30.5 Å². The van der Waals surface area contributed by atoms with Crippen LogP contribution in [0.4, 0.5) is 0 Å². The minimum Gasteiger partial charge on any atom is -0.478 e. The van der Waals surface area contributed by atoms with Gasteiger partial charge in [-0.15, -0.1) is 0 Å². The number of hydrogen-bond acceptors (Lipinski definition) is 4. The van der Waals surface area contributed by atoms with Gasteiger partial charge in [-0.25, -0.2) is 9.78 Å². The molecule has 0 aliphatic carbocycles. The molecule has 0 atom stereocenters. The van der Waals surface area contributed by atoms with Crippen molar-refractivity contribution in [1.29, 1.82) is 0 Å². The van der Waals surface area contributed by atoms with E-state index in [1.54, 1.807) is 12.1 Å². The molecule has 0 unspecified atom stereocenters. The predicted molar refractivity (Wildman–Crippen MR) is 66.2 cm³/mol. The number of aromatic nitrogens is 1. The van der Waals surface area contributed by atoms with E-state index in [0.29, 0.717) is 5.75 Å². The fourth-order valence-corrected chi connectivity index (χ4v) is 1.40. The summed E-state index contributed by atoms with van der Waals surface area (Å²) >= 11 is 0. The van der Waals surface area contributed by atoms with Crippen LogP contribution in [0.5, 0.6) is 11.6 Å². The van der Waals surface area contributed by atoms with E-state index in [4.69, 9.17) is 15.6 Å². The third-order valence-corrected chi connectivity index (χ3v) is 2.32. The number of hydrogen-bond donors (Lipinski definition) is 2. The van der Waals surface area contributed by atoms with E-state index in [2.05, 4.69) is 4.98 Å². The summed E-state index contributed by atoms with van der Waals surface area (Å²) in [5.41, 5.74) is 5.47. The molecular formula is C13H10N2O4. The number of rotatable bonds is 4. The number of primary amides is 1. The van der Waals surface area contributed by atoms with Crippen molar-refractivity contribution >= 4 is 11.9 Å². The zero-order chi connectivity index (χ0) is 13.8. The van der Waals surface area contributed by atoms with Gasteiger partial charge in [0.25, 0.3) is 0 Å². The molecule has 2 rings (SSSR count). The molecule has 0 bridgehead atoms. The summed E-state index contributed by atoms with van der Waals surface area (Å²) in [6.07, 6.45) is 1.29. The van der Waals surface area contributed by atoms with E-state index in [0.717, 1.165) is 0 Å². The molecule has 0 saturated carbocycles. The fraction of sp³-hybridized carbons (Fsp3) is 0. The first-order valence-corrected chi connectivity index (χ1v) is 5.33. The van der Waals surface area contributed by atoms with Crippen LogP contribution in [0.1, 0.15) is 20.7 Å². The lowest BCUT2D eigenvalue weighted by Gasteiger charge is -2.05. The van der Waals surface area contributed by atoms with Crippen LogP contribution in [0.2, 0.25) is 0 Å². The molecule has 96 valence electrons. The van der Waals surface area contributed by atoms with Gasteiger partial charge < -0.3 is 15.6 Å². The van der Waals surface area contributed by atoms with Gasteiger partial charge in [0, 0.05) is 12.3 Å². The standard InChI is InChI=1S/C13H10N2O4/c14-12(16)9-4-5-11(15-7-9)19-10-3-1-2-8(6-10)13(17)18/h1-7H,(H2,14,16)(H,17,18). The average molecular weight is 258 g/mol. The smallest absolute Gasteiger partial charge is 0.335 e. The summed E-state index contributed by atoms with van der Waals surface area (Å²) in [6.45, 7) is 0. The summed E-state index contributed by atoms with van der Waals surface area (Å²) in [7, 11) is 0. The highest BCUT2D eigenvalue weighted by Crippen LogP contribution is 2.20. The summed E-state index contributed by atoms with van der Waals surface area (Å²) in [4.78, 5) is 25.6.